The van der Waals surface area contributed by atoms with E-state index in [1.54, 1.807) is 6.20 Å². The Hall–Kier alpha value is -1.04. The van der Waals surface area contributed by atoms with Gasteiger partial charge in [-0.1, -0.05) is 6.92 Å². The van der Waals surface area contributed by atoms with Crippen LogP contribution >= 0.6 is 0 Å². The molecule has 1 aliphatic rings. The number of hydrogen-bond acceptors (Lipinski definition) is 2. The van der Waals surface area contributed by atoms with E-state index in [0.29, 0.717) is 12.8 Å². The molecule has 1 atom stereocenters. The van der Waals surface area contributed by atoms with E-state index in [0.717, 1.165) is 18.8 Å². The van der Waals surface area contributed by atoms with Crippen molar-refractivity contribution in [1.29, 1.82) is 0 Å². The molecule has 21 heavy (non-hydrogen) atoms. The van der Waals surface area contributed by atoms with Crippen molar-refractivity contribution in [1.82, 2.24) is 15.1 Å². The van der Waals surface area contributed by atoms with Gasteiger partial charge in [-0.2, -0.15) is 18.3 Å². The molecule has 2 rings (SSSR count). The molecule has 1 aliphatic carbocycles. The Kier molecular flexibility index (Phi) is 5.30. The van der Waals surface area contributed by atoms with Crippen molar-refractivity contribution in [3.63, 3.8) is 0 Å². The molecular weight excluding hydrogens is 279 g/mol. The molecule has 1 N–H and O–H groups in total. The molecule has 0 bridgehead atoms. The van der Waals surface area contributed by atoms with Crippen LogP contribution < -0.4 is 5.32 Å². The Bertz CT molecular complexity index is 434. The van der Waals surface area contributed by atoms with Crippen molar-refractivity contribution < 1.29 is 13.2 Å². The highest BCUT2D eigenvalue weighted by molar-refractivity contribution is 5.09. The van der Waals surface area contributed by atoms with Gasteiger partial charge in [0.25, 0.3) is 0 Å². The van der Waals surface area contributed by atoms with Crippen molar-refractivity contribution >= 4 is 0 Å². The molecule has 1 saturated carbocycles. The predicted octanol–water partition coefficient (Wildman–Crippen LogP) is 3.92. The first-order valence-electron chi connectivity index (χ1n) is 7.79. The maximum atomic E-state index is 12.8. The third-order valence-electron chi connectivity index (χ3n) is 4.50. The van der Waals surface area contributed by atoms with Crippen LogP contribution in [0.2, 0.25) is 0 Å². The molecule has 120 valence electrons. The molecule has 6 heteroatoms. The quantitative estimate of drug-likeness (QED) is 0.893. The topological polar surface area (TPSA) is 29.9 Å². The molecule has 3 nitrogen and oxygen atoms in total. The van der Waals surface area contributed by atoms with E-state index in [1.165, 1.54) is 0 Å². The fourth-order valence-corrected chi connectivity index (χ4v) is 3.38. The van der Waals surface area contributed by atoms with Crippen LogP contribution in [-0.2, 0) is 6.54 Å². The van der Waals surface area contributed by atoms with Crippen molar-refractivity contribution in [2.75, 3.05) is 6.54 Å². The van der Waals surface area contributed by atoms with Crippen molar-refractivity contribution in [3.05, 3.63) is 18.0 Å². The molecule has 0 saturated heterocycles. The highest BCUT2D eigenvalue weighted by atomic mass is 19.4. The molecule has 0 amide bonds. The summed E-state index contributed by atoms with van der Waals surface area (Å²) in [6.45, 7) is 5.64. The van der Waals surface area contributed by atoms with Crippen LogP contribution in [0.25, 0.3) is 0 Å². The van der Waals surface area contributed by atoms with E-state index in [9.17, 15) is 13.2 Å². The third-order valence-corrected chi connectivity index (χ3v) is 4.50. The second-order valence-electron chi connectivity index (χ2n) is 5.76. The lowest BCUT2D eigenvalue weighted by Crippen LogP contribution is -2.35. The number of halogens is 3. The number of rotatable bonds is 5. The van der Waals surface area contributed by atoms with Crippen LogP contribution in [0, 0.1) is 11.8 Å². The molecule has 0 spiro atoms. The van der Waals surface area contributed by atoms with Gasteiger partial charge in [0.2, 0.25) is 0 Å². The first-order valence-corrected chi connectivity index (χ1v) is 7.79. The summed E-state index contributed by atoms with van der Waals surface area (Å²) in [5, 5.41) is 7.72. The summed E-state index contributed by atoms with van der Waals surface area (Å²) in [6, 6.07) is 2.08. The number of nitrogens with one attached hydrogen (secondary N) is 1. The van der Waals surface area contributed by atoms with Gasteiger partial charge in [0.15, 0.2) is 0 Å². The summed E-state index contributed by atoms with van der Waals surface area (Å²) >= 11 is 0. The molecule has 0 aliphatic heterocycles. The monoisotopic (exact) mass is 303 g/mol. The molecule has 0 aromatic carbocycles. The van der Waals surface area contributed by atoms with Gasteiger partial charge in [-0.3, -0.25) is 4.68 Å². The van der Waals surface area contributed by atoms with Gasteiger partial charge in [-0.15, -0.1) is 0 Å². The van der Waals surface area contributed by atoms with Gasteiger partial charge >= 0.3 is 6.18 Å². The highest BCUT2D eigenvalue weighted by Crippen LogP contribution is 2.43. The minimum atomic E-state index is -4.04. The standard InChI is InChI=1S/C15H24F3N3/c1-3-19-14(13-9-10-20-21(13)4-2)11-5-7-12(8-6-11)15(16,17)18/h9-12,14,19H,3-8H2,1-2H3. The Morgan fingerprint density at radius 3 is 2.48 bits per heavy atom. The number of nitrogens with zero attached hydrogens (tertiary/aromatic N) is 2. The maximum absolute atomic E-state index is 12.8. The number of aryl methyl sites for hydroxylation is 1. The number of aromatic nitrogens is 2. The van der Waals surface area contributed by atoms with E-state index in [4.69, 9.17) is 0 Å². The first kappa shape index (κ1) is 16.3. The van der Waals surface area contributed by atoms with Gasteiger partial charge in [-0.05, 0) is 51.1 Å². The minimum Gasteiger partial charge on any atom is -0.309 e. The molecule has 0 radical (unpaired) electrons. The van der Waals surface area contributed by atoms with E-state index >= 15 is 0 Å². The molecule has 1 heterocycles. The minimum absolute atomic E-state index is 0.103. The number of hydrogen-bond donors (Lipinski definition) is 1. The zero-order valence-corrected chi connectivity index (χ0v) is 12.7. The van der Waals surface area contributed by atoms with E-state index in [-0.39, 0.29) is 24.8 Å². The fourth-order valence-electron chi connectivity index (χ4n) is 3.38. The van der Waals surface area contributed by atoms with Crippen molar-refractivity contribution in [2.24, 2.45) is 11.8 Å². The Morgan fingerprint density at radius 1 is 1.29 bits per heavy atom. The first-order chi connectivity index (χ1) is 9.97. The van der Waals surface area contributed by atoms with Crippen LogP contribution in [-0.4, -0.2) is 22.5 Å². The molecule has 1 aromatic heterocycles. The predicted molar refractivity (Wildman–Crippen MR) is 75.8 cm³/mol. The van der Waals surface area contributed by atoms with Gasteiger partial charge in [0.05, 0.1) is 17.7 Å². The zero-order chi connectivity index (χ0) is 15.5. The smallest absolute Gasteiger partial charge is 0.309 e. The lowest BCUT2D eigenvalue weighted by atomic mass is 9.77. The van der Waals surface area contributed by atoms with E-state index in [2.05, 4.69) is 10.4 Å². The highest BCUT2D eigenvalue weighted by Gasteiger charge is 2.42. The molecule has 1 fully saturated rings. The summed E-state index contributed by atoms with van der Waals surface area (Å²) in [5.74, 6) is -0.863. The maximum Gasteiger partial charge on any atom is 0.391 e. The second kappa shape index (κ2) is 6.81. The van der Waals surface area contributed by atoms with Crippen molar-refractivity contribution in [3.8, 4) is 0 Å². The summed E-state index contributed by atoms with van der Waals surface area (Å²) < 4.78 is 40.3. The van der Waals surface area contributed by atoms with E-state index in [1.807, 2.05) is 24.6 Å². The van der Waals surface area contributed by atoms with Crippen LogP contribution in [0.4, 0.5) is 13.2 Å². The number of alkyl halides is 3. The average molecular weight is 303 g/mol. The van der Waals surface area contributed by atoms with E-state index < -0.39 is 12.1 Å². The molecule has 1 unspecified atom stereocenters. The SMILES string of the molecule is CCNC(c1ccnn1CC)C1CCC(C(F)(F)F)CC1. The normalized spacial score (nSPS) is 25.0. The van der Waals surface area contributed by atoms with Crippen molar-refractivity contribution in [2.45, 2.75) is 58.3 Å². The van der Waals surface area contributed by atoms with Crippen LogP contribution in [0.1, 0.15) is 51.3 Å². The van der Waals surface area contributed by atoms with Crippen LogP contribution in [0.5, 0.6) is 0 Å². The molecule has 1 aromatic rings. The Balaban J connectivity index is 2.07. The Morgan fingerprint density at radius 2 is 1.95 bits per heavy atom. The summed E-state index contributed by atoms with van der Waals surface area (Å²) in [5.41, 5.74) is 1.09. The second-order valence-corrected chi connectivity index (χ2v) is 5.76. The van der Waals surface area contributed by atoms with Crippen LogP contribution in [0.15, 0.2) is 12.3 Å². The van der Waals surface area contributed by atoms with Crippen LogP contribution in [0.3, 0.4) is 0 Å². The summed E-state index contributed by atoms with van der Waals surface area (Å²) in [6.07, 6.45) is -0.533. The van der Waals surface area contributed by atoms with Gasteiger partial charge in [-0.25, -0.2) is 0 Å². The van der Waals surface area contributed by atoms with Gasteiger partial charge in [0, 0.05) is 12.7 Å². The summed E-state index contributed by atoms with van der Waals surface area (Å²) in [7, 11) is 0. The average Bonchev–Trinajstić information content (AvgIpc) is 2.92. The zero-order valence-electron chi connectivity index (χ0n) is 12.7. The fraction of sp³-hybridized carbons (Fsp3) is 0.800. The van der Waals surface area contributed by atoms with Gasteiger partial charge in [0.1, 0.15) is 0 Å². The van der Waals surface area contributed by atoms with Gasteiger partial charge < -0.3 is 5.32 Å². The lowest BCUT2D eigenvalue weighted by Gasteiger charge is -2.35. The molecular formula is C15H24F3N3. The summed E-state index contributed by atoms with van der Waals surface area (Å²) in [4.78, 5) is 0. The lowest BCUT2D eigenvalue weighted by molar-refractivity contribution is -0.184. The Labute approximate surface area is 123 Å². The largest absolute Gasteiger partial charge is 0.391 e. The third kappa shape index (κ3) is 3.78.